The number of benzene rings is 2. The highest BCUT2D eigenvalue weighted by Gasteiger charge is 2.21. The van der Waals surface area contributed by atoms with E-state index in [9.17, 15) is 4.79 Å². The van der Waals surface area contributed by atoms with Crippen LogP contribution in [0, 0.1) is 5.92 Å². The average molecular weight is 373 g/mol. The zero-order valence-electron chi connectivity index (χ0n) is 15.4. The summed E-state index contributed by atoms with van der Waals surface area (Å²) in [5, 5.41) is 12.2. The number of hydrogen-bond donors (Lipinski definition) is 1. The van der Waals surface area contributed by atoms with Crippen molar-refractivity contribution in [3.05, 3.63) is 65.6 Å². The molecule has 2 aromatic heterocycles. The van der Waals surface area contributed by atoms with Crippen molar-refractivity contribution in [2.24, 2.45) is 5.92 Å². The maximum Gasteiger partial charge on any atom is 0.343 e. The summed E-state index contributed by atoms with van der Waals surface area (Å²) < 4.78 is 7.09. The normalized spacial score (nSPS) is 16.1. The van der Waals surface area contributed by atoms with E-state index in [1.165, 1.54) is 28.7 Å². The van der Waals surface area contributed by atoms with Crippen molar-refractivity contribution in [2.45, 2.75) is 26.2 Å². The number of carbonyl (C=O) groups is 1. The molecule has 7 nitrogen and oxygen atoms in total. The van der Waals surface area contributed by atoms with Crippen LogP contribution in [-0.4, -0.2) is 31.2 Å². The first kappa shape index (κ1) is 16.7. The maximum atomic E-state index is 12.7. The predicted octanol–water partition coefficient (Wildman–Crippen LogP) is 3.49. The summed E-state index contributed by atoms with van der Waals surface area (Å²) in [6, 6.07) is 12.8. The smallest absolute Gasteiger partial charge is 0.343 e. The highest BCUT2D eigenvalue weighted by molar-refractivity contribution is 5.97. The molecular weight excluding hydrogens is 354 g/mol. The van der Waals surface area contributed by atoms with Gasteiger partial charge < -0.3 is 9.72 Å². The van der Waals surface area contributed by atoms with Crippen LogP contribution in [0.1, 0.15) is 35.0 Å². The zero-order chi connectivity index (χ0) is 19.1. The molecule has 0 bridgehead atoms. The Morgan fingerprint density at radius 1 is 1.21 bits per heavy atom. The predicted molar refractivity (Wildman–Crippen MR) is 104 cm³/mol. The molecule has 0 saturated carbocycles. The Morgan fingerprint density at radius 3 is 2.86 bits per heavy atom. The van der Waals surface area contributed by atoms with Gasteiger partial charge in [-0.05, 0) is 83.6 Å². The molecule has 0 saturated heterocycles. The summed E-state index contributed by atoms with van der Waals surface area (Å²) in [5.41, 5.74) is 5.07. The summed E-state index contributed by atoms with van der Waals surface area (Å²) in [4.78, 5) is 16.2. The van der Waals surface area contributed by atoms with Crippen LogP contribution in [0.5, 0.6) is 5.75 Å². The van der Waals surface area contributed by atoms with Crippen LogP contribution in [0.4, 0.5) is 0 Å². The Hall–Kier alpha value is -3.48. The van der Waals surface area contributed by atoms with Crippen LogP contribution in [0.2, 0.25) is 0 Å². The lowest BCUT2D eigenvalue weighted by molar-refractivity contribution is 0.0735. The monoisotopic (exact) mass is 373 g/mol. The van der Waals surface area contributed by atoms with E-state index in [1.54, 1.807) is 24.3 Å². The SMILES string of the molecule is CC1CCc2[nH]c3ccc(C(=O)Oc4ccc(-n5cnnn5)cc4)cc3c2C1. The molecule has 0 spiro atoms. The number of hydrogen-bond acceptors (Lipinski definition) is 5. The number of aryl methyl sites for hydroxylation is 1. The summed E-state index contributed by atoms with van der Waals surface area (Å²) in [6.45, 7) is 2.28. The Labute approximate surface area is 161 Å². The number of H-pyrrole nitrogens is 1. The van der Waals surface area contributed by atoms with Crippen molar-refractivity contribution in [3.63, 3.8) is 0 Å². The first-order valence-corrected chi connectivity index (χ1v) is 9.36. The number of aromatic amines is 1. The third kappa shape index (κ3) is 2.94. The number of aromatic nitrogens is 5. The first-order chi connectivity index (χ1) is 13.7. The molecule has 0 aliphatic heterocycles. The number of nitrogens with one attached hydrogen (secondary N) is 1. The molecule has 4 aromatic rings. The Kier molecular flexibility index (Phi) is 3.93. The van der Waals surface area contributed by atoms with Gasteiger partial charge in [0.05, 0.1) is 11.3 Å². The lowest BCUT2D eigenvalue weighted by atomic mass is 9.87. The number of nitrogens with zero attached hydrogens (tertiary/aromatic N) is 4. The van der Waals surface area contributed by atoms with Crippen LogP contribution in [-0.2, 0) is 12.8 Å². The van der Waals surface area contributed by atoms with Gasteiger partial charge >= 0.3 is 5.97 Å². The van der Waals surface area contributed by atoms with Gasteiger partial charge in [0.1, 0.15) is 12.1 Å². The Bertz CT molecular complexity index is 1150. The lowest BCUT2D eigenvalue weighted by Crippen LogP contribution is -2.10. The molecule has 1 unspecified atom stereocenters. The molecular formula is C21H19N5O2. The van der Waals surface area contributed by atoms with Gasteiger partial charge in [-0.2, -0.15) is 0 Å². The highest BCUT2D eigenvalue weighted by atomic mass is 16.5. The molecule has 2 aromatic carbocycles. The first-order valence-electron chi connectivity index (χ1n) is 9.36. The van der Waals surface area contributed by atoms with Crippen LogP contribution in [0.25, 0.3) is 16.6 Å². The lowest BCUT2D eigenvalue weighted by Gasteiger charge is -2.18. The van der Waals surface area contributed by atoms with E-state index in [2.05, 4.69) is 27.4 Å². The van der Waals surface area contributed by atoms with E-state index in [4.69, 9.17) is 4.74 Å². The third-order valence-electron chi connectivity index (χ3n) is 5.33. The summed E-state index contributed by atoms with van der Waals surface area (Å²) in [5.74, 6) is 0.781. The second-order valence-corrected chi connectivity index (χ2v) is 7.33. The molecule has 1 aliphatic rings. The largest absolute Gasteiger partial charge is 0.423 e. The minimum absolute atomic E-state index is 0.365. The number of rotatable bonds is 3. The molecule has 2 heterocycles. The van der Waals surface area contributed by atoms with Gasteiger partial charge in [0.25, 0.3) is 0 Å². The van der Waals surface area contributed by atoms with Crippen LogP contribution >= 0.6 is 0 Å². The van der Waals surface area contributed by atoms with Gasteiger partial charge in [0, 0.05) is 16.6 Å². The van der Waals surface area contributed by atoms with Crippen molar-refractivity contribution in [2.75, 3.05) is 0 Å². The molecule has 1 N–H and O–H groups in total. The second-order valence-electron chi connectivity index (χ2n) is 7.33. The fourth-order valence-electron chi connectivity index (χ4n) is 3.83. The van der Waals surface area contributed by atoms with Gasteiger partial charge in [-0.3, -0.25) is 0 Å². The fourth-order valence-corrected chi connectivity index (χ4v) is 3.83. The van der Waals surface area contributed by atoms with Crippen molar-refractivity contribution in [3.8, 4) is 11.4 Å². The number of ether oxygens (including phenoxy) is 1. The fraction of sp³-hybridized carbons (Fsp3) is 0.238. The zero-order valence-corrected chi connectivity index (χ0v) is 15.4. The van der Waals surface area contributed by atoms with Gasteiger partial charge in [0.2, 0.25) is 0 Å². The molecule has 140 valence electrons. The molecule has 5 rings (SSSR count). The molecule has 7 heteroatoms. The summed E-state index contributed by atoms with van der Waals surface area (Å²) in [7, 11) is 0. The summed E-state index contributed by atoms with van der Waals surface area (Å²) >= 11 is 0. The average Bonchev–Trinajstić information content (AvgIpc) is 3.36. The number of fused-ring (bicyclic) bond motifs is 3. The second kappa shape index (κ2) is 6.60. The van der Waals surface area contributed by atoms with E-state index in [1.807, 2.05) is 18.2 Å². The molecule has 1 aliphatic carbocycles. The quantitative estimate of drug-likeness (QED) is 0.439. The van der Waals surface area contributed by atoms with Crippen molar-refractivity contribution in [1.29, 1.82) is 0 Å². The standard InChI is InChI=1S/C21H19N5O2/c1-13-2-8-19-17(10-13)18-11-14(3-9-20(18)23-19)21(27)28-16-6-4-15(5-7-16)26-12-22-24-25-26/h3-7,9,11-13,23H,2,8,10H2,1H3. The molecule has 0 fully saturated rings. The number of esters is 1. The van der Waals surface area contributed by atoms with Crippen LogP contribution in [0.15, 0.2) is 48.8 Å². The highest BCUT2D eigenvalue weighted by Crippen LogP contribution is 2.32. The Morgan fingerprint density at radius 2 is 2.07 bits per heavy atom. The molecule has 0 amide bonds. The van der Waals surface area contributed by atoms with Gasteiger partial charge in [-0.1, -0.05) is 6.92 Å². The molecule has 0 radical (unpaired) electrons. The van der Waals surface area contributed by atoms with E-state index in [-0.39, 0.29) is 5.97 Å². The Balaban J connectivity index is 1.39. The minimum atomic E-state index is -0.365. The van der Waals surface area contributed by atoms with Crippen molar-refractivity contribution >= 4 is 16.9 Å². The number of tetrazole rings is 1. The third-order valence-corrected chi connectivity index (χ3v) is 5.33. The van der Waals surface area contributed by atoms with Gasteiger partial charge in [-0.25, -0.2) is 9.48 Å². The van der Waals surface area contributed by atoms with E-state index in [0.29, 0.717) is 17.2 Å². The van der Waals surface area contributed by atoms with Crippen LogP contribution < -0.4 is 4.74 Å². The minimum Gasteiger partial charge on any atom is -0.423 e. The van der Waals surface area contributed by atoms with Gasteiger partial charge in [0.15, 0.2) is 0 Å². The van der Waals surface area contributed by atoms with E-state index in [0.717, 1.165) is 29.4 Å². The topological polar surface area (TPSA) is 85.7 Å². The maximum absolute atomic E-state index is 12.7. The van der Waals surface area contributed by atoms with Crippen LogP contribution in [0.3, 0.4) is 0 Å². The molecule has 28 heavy (non-hydrogen) atoms. The summed E-state index contributed by atoms with van der Waals surface area (Å²) in [6.07, 6.45) is 4.83. The van der Waals surface area contributed by atoms with E-state index < -0.39 is 0 Å². The van der Waals surface area contributed by atoms with Gasteiger partial charge in [-0.15, -0.1) is 5.10 Å². The van der Waals surface area contributed by atoms with Crippen molar-refractivity contribution < 1.29 is 9.53 Å². The molecule has 1 atom stereocenters. The van der Waals surface area contributed by atoms with Crippen molar-refractivity contribution in [1.82, 2.24) is 25.2 Å². The van der Waals surface area contributed by atoms with E-state index >= 15 is 0 Å². The number of carbonyl (C=O) groups excluding carboxylic acids is 1.